The minimum atomic E-state index is 0.605. The van der Waals surface area contributed by atoms with Crippen LogP contribution in [0.1, 0.15) is 5.56 Å². The Kier molecular flexibility index (Phi) is 5.16. The number of aromatic nitrogens is 5. The predicted octanol–water partition coefficient (Wildman–Crippen LogP) is 5.42. The first-order chi connectivity index (χ1) is 15.3. The van der Waals surface area contributed by atoms with Crippen LogP contribution in [0.25, 0.3) is 22.3 Å². The number of benzene rings is 2. The van der Waals surface area contributed by atoms with Crippen molar-refractivity contribution in [3.8, 4) is 11.3 Å². The molecule has 7 nitrogen and oxygen atoms in total. The second-order valence-corrected chi connectivity index (χ2v) is 7.36. The van der Waals surface area contributed by atoms with Gasteiger partial charge in [0.1, 0.15) is 17.5 Å². The molecule has 2 aromatic carbocycles. The molecule has 0 aliphatic carbocycles. The molecule has 152 valence electrons. The number of pyridine rings is 1. The average molecular weight is 428 g/mol. The van der Waals surface area contributed by atoms with Crippen molar-refractivity contribution in [3.63, 3.8) is 0 Å². The van der Waals surface area contributed by atoms with Gasteiger partial charge in [0, 0.05) is 29.0 Å². The second-order valence-electron chi connectivity index (χ2n) is 6.92. The zero-order valence-electron chi connectivity index (χ0n) is 16.4. The lowest BCUT2D eigenvalue weighted by molar-refractivity contribution is 1.05. The van der Waals surface area contributed by atoms with Crippen molar-refractivity contribution in [2.45, 2.75) is 6.54 Å². The first-order valence-electron chi connectivity index (χ1n) is 9.72. The molecule has 31 heavy (non-hydrogen) atoms. The number of hydrogen-bond acceptors (Lipinski definition) is 6. The smallest absolute Gasteiger partial charge is 0.162 e. The summed E-state index contributed by atoms with van der Waals surface area (Å²) in [5.74, 6) is 1.32. The van der Waals surface area contributed by atoms with Crippen molar-refractivity contribution >= 4 is 40.0 Å². The van der Waals surface area contributed by atoms with Gasteiger partial charge >= 0.3 is 0 Å². The Morgan fingerprint density at radius 1 is 0.871 bits per heavy atom. The van der Waals surface area contributed by atoms with Crippen LogP contribution in [0.3, 0.4) is 0 Å². The Hall–Kier alpha value is -3.97. The average Bonchev–Trinajstić information content (AvgIpc) is 3.23. The van der Waals surface area contributed by atoms with Gasteiger partial charge in [-0.25, -0.2) is 9.97 Å². The standard InChI is InChI=1S/C23H18ClN7/c24-17-4-3-5-18(12-17)29-21-20-22(30-31-23(20)28-14-27-21)26-13-15-7-9-16(10-8-15)19-6-1-2-11-25-19/h1-12,14H,13H2,(H3,26,27,28,29,30,31). The Labute approximate surface area is 183 Å². The number of rotatable bonds is 6. The van der Waals surface area contributed by atoms with Crippen molar-refractivity contribution in [1.29, 1.82) is 0 Å². The van der Waals surface area contributed by atoms with Crippen molar-refractivity contribution in [2.75, 3.05) is 10.6 Å². The molecule has 0 aliphatic rings. The van der Waals surface area contributed by atoms with E-state index in [-0.39, 0.29) is 0 Å². The van der Waals surface area contributed by atoms with E-state index in [9.17, 15) is 0 Å². The van der Waals surface area contributed by atoms with Gasteiger partial charge in [-0.15, -0.1) is 0 Å². The SMILES string of the molecule is Clc1cccc(Nc2ncnc3[nH]nc(NCc4ccc(-c5ccccn5)cc4)c23)c1. The number of halogens is 1. The van der Waals surface area contributed by atoms with Crippen LogP contribution in [-0.2, 0) is 6.54 Å². The second kappa shape index (κ2) is 8.41. The highest BCUT2D eigenvalue weighted by Crippen LogP contribution is 2.29. The van der Waals surface area contributed by atoms with Crippen LogP contribution < -0.4 is 10.6 Å². The molecule has 0 bridgehead atoms. The van der Waals surface area contributed by atoms with Gasteiger partial charge in [-0.05, 0) is 35.9 Å². The van der Waals surface area contributed by atoms with Gasteiger partial charge in [0.25, 0.3) is 0 Å². The summed E-state index contributed by atoms with van der Waals surface area (Å²) in [4.78, 5) is 13.1. The molecular formula is C23H18ClN7. The fraction of sp³-hybridized carbons (Fsp3) is 0.0435. The van der Waals surface area contributed by atoms with Gasteiger partial charge in [-0.3, -0.25) is 10.1 Å². The van der Waals surface area contributed by atoms with Crippen molar-refractivity contribution in [1.82, 2.24) is 25.1 Å². The third-order valence-electron chi connectivity index (χ3n) is 4.82. The highest BCUT2D eigenvalue weighted by Gasteiger charge is 2.13. The third kappa shape index (κ3) is 4.17. The summed E-state index contributed by atoms with van der Waals surface area (Å²) in [5.41, 5.74) is 4.64. The predicted molar refractivity (Wildman–Crippen MR) is 123 cm³/mol. The van der Waals surface area contributed by atoms with Gasteiger partial charge in [-0.2, -0.15) is 5.10 Å². The number of nitrogens with one attached hydrogen (secondary N) is 3. The molecule has 0 fully saturated rings. The maximum atomic E-state index is 6.10. The van der Waals surface area contributed by atoms with Gasteiger partial charge < -0.3 is 10.6 Å². The molecule has 0 atom stereocenters. The molecule has 3 N–H and O–H groups in total. The number of fused-ring (bicyclic) bond motifs is 1. The minimum Gasteiger partial charge on any atom is -0.364 e. The number of H-pyrrole nitrogens is 1. The maximum Gasteiger partial charge on any atom is 0.162 e. The Balaban J connectivity index is 1.36. The number of anilines is 3. The zero-order valence-corrected chi connectivity index (χ0v) is 17.1. The van der Waals surface area contributed by atoms with Crippen LogP contribution in [0.2, 0.25) is 5.02 Å². The Morgan fingerprint density at radius 3 is 2.58 bits per heavy atom. The third-order valence-corrected chi connectivity index (χ3v) is 5.05. The molecule has 0 saturated heterocycles. The molecule has 8 heteroatoms. The van der Waals surface area contributed by atoms with Gasteiger partial charge in [0.05, 0.1) is 5.69 Å². The lowest BCUT2D eigenvalue weighted by Crippen LogP contribution is -2.02. The summed E-state index contributed by atoms with van der Waals surface area (Å²) in [7, 11) is 0. The Bertz CT molecular complexity index is 1320. The summed E-state index contributed by atoms with van der Waals surface area (Å²) in [5, 5.41) is 15.4. The fourth-order valence-electron chi connectivity index (χ4n) is 3.30. The van der Waals surface area contributed by atoms with E-state index in [0.717, 1.165) is 27.9 Å². The van der Waals surface area contributed by atoms with Crippen molar-refractivity contribution in [3.05, 3.63) is 89.8 Å². The molecule has 5 aromatic rings. The minimum absolute atomic E-state index is 0.605. The van der Waals surface area contributed by atoms with Gasteiger partial charge in [0.2, 0.25) is 0 Å². The maximum absolute atomic E-state index is 6.10. The van der Waals surface area contributed by atoms with Crippen LogP contribution in [0.15, 0.2) is 79.3 Å². The quantitative estimate of drug-likeness (QED) is 0.335. The Morgan fingerprint density at radius 2 is 1.77 bits per heavy atom. The van der Waals surface area contributed by atoms with Crippen LogP contribution in [-0.4, -0.2) is 25.1 Å². The fourth-order valence-corrected chi connectivity index (χ4v) is 3.49. The largest absolute Gasteiger partial charge is 0.364 e. The van der Waals surface area contributed by atoms with Crippen LogP contribution >= 0.6 is 11.6 Å². The van der Waals surface area contributed by atoms with E-state index in [1.165, 1.54) is 6.33 Å². The molecule has 0 amide bonds. The molecule has 3 aromatic heterocycles. The zero-order chi connectivity index (χ0) is 21.0. The highest BCUT2D eigenvalue weighted by molar-refractivity contribution is 6.30. The molecule has 0 spiro atoms. The highest BCUT2D eigenvalue weighted by atomic mass is 35.5. The van der Waals surface area contributed by atoms with E-state index < -0.39 is 0 Å². The van der Waals surface area contributed by atoms with Crippen molar-refractivity contribution in [2.24, 2.45) is 0 Å². The van der Waals surface area contributed by atoms with Gasteiger partial charge in [-0.1, -0.05) is 48.0 Å². The van der Waals surface area contributed by atoms with Crippen molar-refractivity contribution < 1.29 is 0 Å². The summed E-state index contributed by atoms with van der Waals surface area (Å²) in [6, 6.07) is 21.7. The lowest BCUT2D eigenvalue weighted by Gasteiger charge is -2.09. The van der Waals surface area contributed by atoms with Gasteiger partial charge in [0.15, 0.2) is 11.5 Å². The van der Waals surface area contributed by atoms with Crippen LogP contribution in [0, 0.1) is 0 Å². The number of nitrogens with zero attached hydrogens (tertiary/aromatic N) is 4. The van der Waals surface area contributed by atoms with Crippen LogP contribution in [0.4, 0.5) is 17.3 Å². The molecular weight excluding hydrogens is 410 g/mol. The summed E-state index contributed by atoms with van der Waals surface area (Å²) in [6.45, 7) is 0.605. The van der Waals surface area contributed by atoms with Crippen LogP contribution in [0.5, 0.6) is 0 Å². The molecule has 0 saturated carbocycles. The molecule has 0 aliphatic heterocycles. The molecule has 0 unspecified atom stereocenters. The molecule has 0 radical (unpaired) electrons. The van der Waals surface area contributed by atoms with E-state index in [1.807, 2.05) is 42.5 Å². The first-order valence-corrected chi connectivity index (χ1v) is 10.1. The van der Waals surface area contributed by atoms with E-state index in [1.54, 1.807) is 6.20 Å². The first kappa shape index (κ1) is 19.0. The normalized spacial score (nSPS) is 10.9. The summed E-state index contributed by atoms with van der Waals surface area (Å²) < 4.78 is 0. The topological polar surface area (TPSA) is 91.4 Å². The van der Waals surface area contributed by atoms with E-state index in [0.29, 0.717) is 28.9 Å². The number of hydrogen-bond donors (Lipinski definition) is 3. The molecule has 5 rings (SSSR count). The number of aromatic amines is 1. The lowest BCUT2D eigenvalue weighted by atomic mass is 10.1. The monoisotopic (exact) mass is 427 g/mol. The van der Waals surface area contributed by atoms with E-state index in [4.69, 9.17) is 11.6 Å². The summed E-state index contributed by atoms with van der Waals surface area (Å²) >= 11 is 6.10. The van der Waals surface area contributed by atoms with E-state index in [2.05, 4.69) is 60.0 Å². The molecule has 3 heterocycles. The summed E-state index contributed by atoms with van der Waals surface area (Å²) in [6.07, 6.45) is 3.29. The van der Waals surface area contributed by atoms with E-state index >= 15 is 0 Å².